The molecule has 0 amide bonds. The van der Waals surface area contributed by atoms with Gasteiger partial charge in [-0.05, 0) is 41.1 Å². The fourth-order valence-corrected chi connectivity index (χ4v) is 3.79. The third kappa shape index (κ3) is 3.39. The van der Waals surface area contributed by atoms with Crippen molar-refractivity contribution in [1.82, 2.24) is 29.8 Å². The molecule has 0 aliphatic carbocycles. The third-order valence-electron chi connectivity index (χ3n) is 4.99. The summed E-state index contributed by atoms with van der Waals surface area (Å²) in [7, 11) is 0. The smallest absolute Gasteiger partial charge is 0.278 e. The van der Waals surface area contributed by atoms with Crippen molar-refractivity contribution in [2.24, 2.45) is 0 Å². The number of aliphatic hydroxyl groups is 1. The molecular formula is C19H15BrF2N6O2. The second-order valence-electron chi connectivity index (χ2n) is 6.79. The van der Waals surface area contributed by atoms with Crippen LogP contribution in [0.25, 0.3) is 10.9 Å². The van der Waals surface area contributed by atoms with E-state index in [-0.39, 0.29) is 17.5 Å². The summed E-state index contributed by atoms with van der Waals surface area (Å²) in [5.41, 5.74) is -2.40. The molecule has 0 spiro atoms. The van der Waals surface area contributed by atoms with Gasteiger partial charge in [0.1, 0.15) is 35.4 Å². The van der Waals surface area contributed by atoms with Crippen molar-refractivity contribution >= 4 is 26.8 Å². The van der Waals surface area contributed by atoms with Gasteiger partial charge in [-0.3, -0.25) is 4.79 Å². The molecule has 4 aromatic rings. The molecule has 11 heteroatoms. The van der Waals surface area contributed by atoms with E-state index >= 15 is 0 Å². The molecule has 8 nitrogen and oxygen atoms in total. The van der Waals surface area contributed by atoms with Crippen LogP contribution in [-0.2, 0) is 12.1 Å². The van der Waals surface area contributed by atoms with Gasteiger partial charge < -0.3 is 5.11 Å². The van der Waals surface area contributed by atoms with Crippen molar-refractivity contribution in [2.45, 2.75) is 25.1 Å². The molecule has 2 atom stereocenters. The Hall–Kier alpha value is -3.05. The zero-order chi connectivity index (χ0) is 21.5. The zero-order valence-corrected chi connectivity index (χ0v) is 17.2. The van der Waals surface area contributed by atoms with E-state index < -0.39 is 28.8 Å². The van der Waals surface area contributed by atoms with Crippen LogP contribution in [-0.4, -0.2) is 34.9 Å². The summed E-state index contributed by atoms with van der Waals surface area (Å²) >= 11 is 3.32. The molecule has 0 fully saturated rings. The van der Waals surface area contributed by atoms with Crippen LogP contribution in [0.5, 0.6) is 0 Å². The predicted molar refractivity (Wildman–Crippen MR) is 106 cm³/mol. The van der Waals surface area contributed by atoms with Gasteiger partial charge in [0.15, 0.2) is 0 Å². The number of nitrogens with zero attached hydrogens (tertiary/aromatic N) is 6. The van der Waals surface area contributed by atoms with Gasteiger partial charge >= 0.3 is 0 Å². The molecule has 1 N–H and O–H groups in total. The lowest BCUT2D eigenvalue weighted by Gasteiger charge is -2.34. The monoisotopic (exact) mass is 476 g/mol. The van der Waals surface area contributed by atoms with E-state index in [0.717, 1.165) is 16.8 Å². The molecule has 0 aliphatic heterocycles. The molecule has 0 saturated carbocycles. The van der Waals surface area contributed by atoms with Gasteiger partial charge in [0.25, 0.3) is 5.56 Å². The number of hydrogen-bond acceptors (Lipinski definition) is 6. The first kappa shape index (κ1) is 20.2. The minimum Gasteiger partial charge on any atom is -0.381 e. The van der Waals surface area contributed by atoms with Crippen LogP contribution in [0.1, 0.15) is 18.5 Å². The number of fused-ring (bicyclic) bond motifs is 1. The fourth-order valence-electron chi connectivity index (χ4n) is 3.35. The Morgan fingerprint density at radius 1 is 1.27 bits per heavy atom. The summed E-state index contributed by atoms with van der Waals surface area (Å²) in [6, 6.07) is 6.71. The van der Waals surface area contributed by atoms with E-state index in [4.69, 9.17) is 0 Å². The number of benzene rings is 2. The minimum atomic E-state index is -2.02. The standard InChI is InChI=1S/C19H15BrF2N6O2/c1-11(28-18(29)13-3-2-4-15(20)17(13)25-26-28)19(30,8-27-10-23-9-24-27)14-6-5-12(21)7-16(14)22/h2-7,9-11,30H,8H2,1H3. The fraction of sp³-hybridized carbons (Fsp3) is 0.211. The van der Waals surface area contributed by atoms with E-state index in [1.165, 1.54) is 24.3 Å². The zero-order valence-electron chi connectivity index (χ0n) is 15.6. The van der Waals surface area contributed by atoms with Crippen molar-refractivity contribution in [1.29, 1.82) is 0 Å². The Bertz CT molecular complexity index is 1280. The van der Waals surface area contributed by atoms with E-state index in [0.29, 0.717) is 16.1 Å². The molecule has 2 unspecified atom stereocenters. The van der Waals surface area contributed by atoms with Crippen molar-refractivity contribution in [3.63, 3.8) is 0 Å². The highest BCUT2D eigenvalue weighted by molar-refractivity contribution is 9.10. The van der Waals surface area contributed by atoms with Gasteiger partial charge in [-0.15, -0.1) is 5.10 Å². The summed E-state index contributed by atoms with van der Waals surface area (Å²) < 4.78 is 31.0. The number of rotatable bonds is 5. The van der Waals surface area contributed by atoms with Crippen molar-refractivity contribution in [3.05, 3.63) is 81.1 Å². The lowest BCUT2D eigenvalue weighted by molar-refractivity contribution is -0.0390. The third-order valence-corrected chi connectivity index (χ3v) is 5.63. The quantitative estimate of drug-likeness (QED) is 0.475. The predicted octanol–water partition coefficient (Wildman–Crippen LogP) is 2.57. The molecule has 0 radical (unpaired) electrons. The maximum atomic E-state index is 14.7. The second kappa shape index (κ2) is 7.65. The van der Waals surface area contributed by atoms with Crippen molar-refractivity contribution in [2.75, 3.05) is 0 Å². The molecule has 0 saturated heterocycles. The second-order valence-corrected chi connectivity index (χ2v) is 7.65. The first-order valence-corrected chi connectivity index (χ1v) is 9.64. The topological polar surface area (TPSA) is 98.7 Å². The van der Waals surface area contributed by atoms with Crippen LogP contribution < -0.4 is 5.56 Å². The maximum Gasteiger partial charge on any atom is 0.278 e. The average molecular weight is 477 g/mol. The minimum absolute atomic E-state index is 0.213. The highest BCUT2D eigenvalue weighted by Gasteiger charge is 2.41. The summed E-state index contributed by atoms with van der Waals surface area (Å²) in [4.78, 5) is 16.9. The Morgan fingerprint density at radius 3 is 2.77 bits per heavy atom. The van der Waals surface area contributed by atoms with Crippen LogP contribution in [0, 0.1) is 11.6 Å². The summed E-state index contributed by atoms with van der Waals surface area (Å²) in [6.07, 6.45) is 2.59. The highest BCUT2D eigenvalue weighted by Crippen LogP contribution is 2.36. The van der Waals surface area contributed by atoms with E-state index in [2.05, 4.69) is 36.3 Å². The summed E-state index contributed by atoms with van der Waals surface area (Å²) in [6.45, 7) is 1.24. The van der Waals surface area contributed by atoms with E-state index in [1.807, 2.05) is 0 Å². The van der Waals surface area contributed by atoms with Gasteiger partial charge in [-0.25, -0.2) is 23.1 Å². The maximum absolute atomic E-state index is 14.7. The van der Waals surface area contributed by atoms with Gasteiger partial charge in [-0.1, -0.05) is 17.3 Å². The molecular weight excluding hydrogens is 462 g/mol. The van der Waals surface area contributed by atoms with Gasteiger partial charge in [-0.2, -0.15) is 5.10 Å². The van der Waals surface area contributed by atoms with Crippen LogP contribution >= 0.6 is 15.9 Å². The highest BCUT2D eigenvalue weighted by atomic mass is 79.9. The summed E-state index contributed by atoms with van der Waals surface area (Å²) in [5, 5.41) is 23.9. The molecule has 30 heavy (non-hydrogen) atoms. The molecule has 2 aromatic heterocycles. The molecule has 2 aromatic carbocycles. The number of aromatic nitrogens is 6. The Balaban J connectivity index is 1.90. The lowest BCUT2D eigenvalue weighted by Crippen LogP contribution is -2.44. The molecule has 0 bridgehead atoms. The number of halogens is 3. The van der Waals surface area contributed by atoms with Crippen LogP contribution in [0.2, 0.25) is 0 Å². The number of hydrogen-bond donors (Lipinski definition) is 1. The van der Waals surface area contributed by atoms with Crippen LogP contribution in [0.4, 0.5) is 8.78 Å². The Kier molecular flexibility index (Phi) is 5.16. The first-order chi connectivity index (χ1) is 14.3. The van der Waals surface area contributed by atoms with Crippen LogP contribution in [0.3, 0.4) is 0 Å². The first-order valence-electron chi connectivity index (χ1n) is 8.85. The van der Waals surface area contributed by atoms with Gasteiger partial charge in [0.2, 0.25) is 0 Å². The molecule has 154 valence electrons. The van der Waals surface area contributed by atoms with E-state index in [9.17, 15) is 18.7 Å². The van der Waals surface area contributed by atoms with Crippen molar-refractivity contribution in [3.8, 4) is 0 Å². The van der Waals surface area contributed by atoms with Crippen molar-refractivity contribution < 1.29 is 13.9 Å². The SMILES string of the molecule is CC(n1nnc2c(Br)cccc2c1=O)C(O)(Cn1cncn1)c1ccc(F)cc1F. The van der Waals surface area contributed by atoms with Crippen LogP contribution in [0.15, 0.2) is 58.3 Å². The summed E-state index contributed by atoms with van der Waals surface area (Å²) in [5.74, 6) is -1.76. The normalized spacial score (nSPS) is 14.6. The molecule has 4 rings (SSSR count). The van der Waals surface area contributed by atoms with E-state index in [1.54, 1.807) is 18.2 Å². The van der Waals surface area contributed by atoms with Gasteiger partial charge in [0.05, 0.1) is 18.0 Å². The van der Waals surface area contributed by atoms with Gasteiger partial charge in [0, 0.05) is 16.1 Å². The largest absolute Gasteiger partial charge is 0.381 e. The Morgan fingerprint density at radius 2 is 2.07 bits per heavy atom. The molecule has 0 aliphatic rings. The molecule has 2 heterocycles. The average Bonchev–Trinajstić information content (AvgIpc) is 3.21. The lowest BCUT2D eigenvalue weighted by atomic mass is 9.86. The Labute approximate surface area is 176 Å².